The number of unbranched alkanes of at least 4 members (excludes halogenated alkanes) is 20. The van der Waals surface area contributed by atoms with E-state index in [1.54, 1.807) is 0 Å². The van der Waals surface area contributed by atoms with Crippen LogP contribution in [0.15, 0.2) is 109 Å². The molecule has 1 unspecified atom stereocenters. The van der Waals surface area contributed by atoms with Crippen molar-refractivity contribution >= 4 is 17.9 Å². The van der Waals surface area contributed by atoms with E-state index in [0.717, 1.165) is 116 Å². The summed E-state index contributed by atoms with van der Waals surface area (Å²) in [6, 6.07) is 0. The fourth-order valence-electron chi connectivity index (χ4n) is 6.61. The molecular formula is C57H92O6. The van der Waals surface area contributed by atoms with Crippen molar-refractivity contribution in [3.05, 3.63) is 109 Å². The summed E-state index contributed by atoms with van der Waals surface area (Å²) in [5.74, 6) is -0.980. The van der Waals surface area contributed by atoms with Gasteiger partial charge in [-0.3, -0.25) is 14.4 Å². The lowest BCUT2D eigenvalue weighted by molar-refractivity contribution is -0.167. The third-order valence-electron chi connectivity index (χ3n) is 10.4. The minimum absolute atomic E-state index is 0.107. The number of carbonyl (C=O) groups excluding carboxylic acids is 3. The van der Waals surface area contributed by atoms with Crippen LogP contribution >= 0.6 is 0 Å². The average Bonchev–Trinajstić information content (AvgIpc) is 3.28. The molecule has 0 aromatic carbocycles. The van der Waals surface area contributed by atoms with E-state index in [0.29, 0.717) is 19.3 Å². The summed E-state index contributed by atoms with van der Waals surface area (Å²) in [6.07, 6.45) is 67.8. The highest BCUT2D eigenvalue weighted by molar-refractivity contribution is 5.71. The van der Waals surface area contributed by atoms with Crippen LogP contribution in [0, 0.1) is 0 Å². The fourth-order valence-corrected chi connectivity index (χ4v) is 6.61. The molecule has 0 bridgehead atoms. The highest BCUT2D eigenvalue weighted by Crippen LogP contribution is 2.13. The van der Waals surface area contributed by atoms with Crippen molar-refractivity contribution < 1.29 is 28.6 Å². The Labute approximate surface area is 387 Å². The molecule has 0 aliphatic heterocycles. The highest BCUT2D eigenvalue weighted by atomic mass is 16.6. The molecule has 0 aromatic heterocycles. The van der Waals surface area contributed by atoms with Crippen LogP contribution in [-0.2, 0) is 28.6 Å². The molecule has 0 heterocycles. The van der Waals surface area contributed by atoms with Crippen molar-refractivity contribution in [2.24, 2.45) is 0 Å². The van der Waals surface area contributed by atoms with Gasteiger partial charge in [-0.15, -0.1) is 0 Å². The molecule has 0 aliphatic rings. The lowest BCUT2D eigenvalue weighted by Crippen LogP contribution is -2.30. The minimum Gasteiger partial charge on any atom is -0.462 e. The Balaban J connectivity index is 4.50. The molecule has 0 spiro atoms. The van der Waals surface area contributed by atoms with Gasteiger partial charge in [0.25, 0.3) is 0 Å². The molecule has 6 heteroatoms. The Morgan fingerprint density at radius 1 is 0.349 bits per heavy atom. The first-order valence-electron chi connectivity index (χ1n) is 25.5. The molecular weight excluding hydrogens is 781 g/mol. The van der Waals surface area contributed by atoms with Gasteiger partial charge in [0, 0.05) is 19.3 Å². The van der Waals surface area contributed by atoms with E-state index >= 15 is 0 Å². The summed E-state index contributed by atoms with van der Waals surface area (Å²) in [5.41, 5.74) is 0. The maximum atomic E-state index is 12.8. The first-order chi connectivity index (χ1) is 31.0. The molecule has 0 radical (unpaired) electrons. The number of esters is 3. The van der Waals surface area contributed by atoms with Gasteiger partial charge in [0.1, 0.15) is 13.2 Å². The smallest absolute Gasteiger partial charge is 0.306 e. The molecule has 0 saturated carbocycles. The summed E-state index contributed by atoms with van der Waals surface area (Å²) >= 11 is 0. The normalized spacial score (nSPS) is 13.0. The Bertz CT molecular complexity index is 1330. The van der Waals surface area contributed by atoms with Crippen molar-refractivity contribution in [1.29, 1.82) is 0 Å². The molecule has 1 atom stereocenters. The van der Waals surface area contributed by atoms with Crippen molar-refractivity contribution in [1.82, 2.24) is 0 Å². The van der Waals surface area contributed by atoms with Crippen LogP contribution < -0.4 is 0 Å². The van der Waals surface area contributed by atoms with E-state index in [-0.39, 0.29) is 31.1 Å². The summed E-state index contributed by atoms with van der Waals surface area (Å²) in [5, 5.41) is 0. The molecule has 0 fully saturated rings. The minimum atomic E-state index is -0.808. The van der Waals surface area contributed by atoms with Crippen molar-refractivity contribution in [2.75, 3.05) is 13.2 Å². The zero-order valence-electron chi connectivity index (χ0n) is 40.5. The lowest BCUT2D eigenvalue weighted by atomic mass is 10.1. The van der Waals surface area contributed by atoms with Gasteiger partial charge >= 0.3 is 17.9 Å². The largest absolute Gasteiger partial charge is 0.462 e. The number of allylic oxidation sites excluding steroid dienone is 18. The molecule has 0 amide bonds. The average molecular weight is 873 g/mol. The van der Waals surface area contributed by atoms with E-state index in [9.17, 15) is 14.4 Å². The topological polar surface area (TPSA) is 78.9 Å². The van der Waals surface area contributed by atoms with Crippen LogP contribution in [0.5, 0.6) is 0 Å². The lowest BCUT2D eigenvalue weighted by Gasteiger charge is -2.18. The maximum absolute atomic E-state index is 12.8. The maximum Gasteiger partial charge on any atom is 0.306 e. The Kier molecular flexibility index (Phi) is 47.5. The fraction of sp³-hybridized carbons (Fsp3) is 0.632. The number of carbonyl (C=O) groups is 3. The number of hydrogen-bond donors (Lipinski definition) is 0. The molecule has 356 valence electrons. The Morgan fingerprint density at radius 2 is 0.698 bits per heavy atom. The predicted molar refractivity (Wildman–Crippen MR) is 270 cm³/mol. The second-order valence-electron chi connectivity index (χ2n) is 16.5. The van der Waals surface area contributed by atoms with Crippen molar-refractivity contribution in [3.63, 3.8) is 0 Å². The first kappa shape index (κ1) is 59.1. The molecule has 0 saturated heterocycles. The molecule has 0 N–H and O–H groups in total. The number of hydrogen-bond acceptors (Lipinski definition) is 6. The summed E-state index contributed by atoms with van der Waals surface area (Å²) in [6.45, 7) is 6.30. The van der Waals surface area contributed by atoms with Gasteiger partial charge in [0.15, 0.2) is 6.10 Å². The molecule has 63 heavy (non-hydrogen) atoms. The van der Waals surface area contributed by atoms with Gasteiger partial charge in [-0.1, -0.05) is 214 Å². The van der Waals surface area contributed by atoms with E-state index in [2.05, 4.69) is 93.7 Å². The second-order valence-corrected chi connectivity index (χ2v) is 16.5. The summed E-state index contributed by atoms with van der Waals surface area (Å²) in [7, 11) is 0. The molecule has 0 rings (SSSR count). The van der Waals surface area contributed by atoms with Gasteiger partial charge in [-0.2, -0.15) is 0 Å². The van der Waals surface area contributed by atoms with Crippen LogP contribution in [0.25, 0.3) is 0 Å². The van der Waals surface area contributed by atoms with Crippen LogP contribution in [0.2, 0.25) is 0 Å². The summed E-state index contributed by atoms with van der Waals surface area (Å²) in [4.78, 5) is 37.9. The van der Waals surface area contributed by atoms with Crippen molar-refractivity contribution in [3.8, 4) is 0 Å². The number of ether oxygens (including phenoxy) is 3. The van der Waals surface area contributed by atoms with Gasteiger partial charge < -0.3 is 14.2 Å². The quantitative estimate of drug-likeness (QED) is 0.0199. The molecule has 0 aliphatic carbocycles. The number of rotatable bonds is 44. The zero-order valence-corrected chi connectivity index (χ0v) is 40.5. The third-order valence-corrected chi connectivity index (χ3v) is 10.4. The van der Waals surface area contributed by atoms with Gasteiger partial charge in [0.05, 0.1) is 0 Å². The first-order valence-corrected chi connectivity index (χ1v) is 25.5. The van der Waals surface area contributed by atoms with E-state index in [1.165, 1.54) is 57.8 Å². The highest BCUT2D eigenvalue weighted by Gasteiger charge is 2.19. The van der Waals surface area contributed by atoms with E-state index in [1.807, 2.05) is 36.5 Å². The Morgan fingerprint density at radius 3 is 1.16 bits per heavy atom. The monoisotopic (exact) mass is 873 g/mol. The molecule has 0 aromatic rings. The van der Waals surface area contributed by atoms with Crippen LogP contribution in [-0.4, -0.2) is 37.2 Å². The van der Waals surface area contributed by atoms with Crippen molar-refractivity contribution in [2.45, 2.75) is 219 Å². The standard InChI is InChI=1S/C57H92O6/c1-4-7-10-13-16-19-22-25-27-28-29-30-33-35-38-41-44-47-50-56(59)62-53-54(52-61-55(58)49-46-43-40-37-34-31-24-21-18-15-12-9-6-3)63-57(60)51-48-45-42-39-36-32-26-23-20-17-14-11-8-5-2/h8-9,11-12,15,17-18,20-22,24-25,27-31,34,54H,4-7,10,13-14,16,19,23,26,32-33,35-53H2,1-3H3/b11-8-,12-9-,18-15-,20-17-,24-21-,25-22-,28-27-,30-29-,34-31-. The summed E-state index contributed by atoms with van der Waals surface area (Å²) < 4.78 is 16.7. The van der Waals surface area contributed by atoms with Crippen LogP contribution in [0.4, 0.5) is 0 Å². The predicted octanol–water partition coefficient (Wildman–Crippen LogP) is 16.8. The van der Waals surface area contributed by atoms with Crippen LogP contribution in [0.3, 0.4) is 0 Å². The SMILES string of the molecule is CC\C=C/C=C\C=C/C=C\CCCCCC(=O)OCC(COC(=O)CCCCCCC\C=C/C=C\C=C/CCCCCCC)OC(=O)CCCCCCCCC/C=C\C/C=C\CC. The second kappa shape index (κ2) is 50.7. The zero-order chi connectivity index (χ0) is 45.8. The molecule has 6 nitrogen and oxygen atoms in total. The van der Waals surface area contributed by atoms with Gasteiger partial charge in [-0.05, 0) is 89.9 Å². The van der Waals surface area contributed by atoms with Gasteiger partial charge in [-0.25, -0.2) is 0 Å². The van der Waals surface area contributed by atoms with E-state index in [4.69, 9.17) is 14.2 Å². The van der Waals surface area contributed by atoms with Gasteiger partial charge in [0.2, 0.25) is 0 Å². The van der Waals surface area contributed by atoms with E-state index < -0.39 is 6.10 Å². The Hall–Kier alpha value is -3.93. The van der Waals surface area contributed by atoms with Crippen LogP contribution in [0.1, 0.15) is 213 Å². The third kappa shape index (κ3) is 49.0.